The lowest BCUT2D eigenvalue weighted by Gasteiger charge is -2.04. The number of carbonyl (C=O) groups is 1. The number of H-pyrrole nitrogens is 1. The van der Waals surface area contributed by atoms with Crippen LogP contribution < -0.4 is 0 Å². The lowest BCUT2D eigenvalue weighted by molar-refractivity contribution is -0.143. The molecular weight excluding hydrogens is 255 g/mol. The second-order valence-corrected chi connectivity index (χ2v) is 4.16. The number of fused-ring (bicyclic) bond motifs is 1. The van der Waals surface area contributed by atoms with Crippen molar-refractivity contribution < 1.29 is 13.9 Å². The van der Waals surface area contributed by atoms with Crippen molar-refractivity contribution in [1.82, 2.24) is 9.55 Å². The number of halogens is 1. The summed E-state index contributed by atoms with van der Waals surface area (Å²) >= 11 is 5.12. The third-order valence-electron chi connectivity index (χ3n) is 2.60. The fourth-order valence-corrected chi connectivity index (χ4v) is 2.10. The summed E-state index contributed by atoms with van der Waals surface area (Å²) in [5.74, 6) is -0.640. The topological polar surface area (TPSA) is 47.0 Å². The zero-order chi connectivity index (χ0) is 13.1. The van der Waals surface area contributed by atoms with Gasteiger partial charge >= 0.3 is 5.97 Å². The zero-order valence-corrected chi connectivity index (χ0v) is 10.7. The van der Waals surface area contributed by atoms with E-state index in [0.29, 0.717) is 29.0 Å². The first-order valence-electron chi connectivity index (χ1n) is 5.66. The second kappa shape index (κ2) is 5.30. The van der Waals surface area contributed by atoms with E-state index in [1.807, 2.05) is 0 Å². The predicted octanol–water partition coefficient (Wildman–Crippen LogP) is 2.79. The van der Waals surface area contributed by atoms with E-state index >= 15 is 0 Å². The molecule has 0 aliphatic carbocycles. The molecular formula is C12H13FN2O2S. The quantitative estimate of drug-likeness (QED) is 0.685. The van der Waals surface area contributed by atoms with Crippen molar-refractivity contribution in [3.05, 3.63) is 28.8 Å². The first-order chi connectivity index (χ1) is 8.63. The van der Waals surface area contributed by atoms with Crippen LogP contribution in [0.15, 0.2) is 18.2 Å². The minimum atomic E-state index is -0.353. The molecule has 96 valence electrons. The van der Waals surface area contributed by atoms with Gasteiger partial charge in [0.1, 0.15) is 11.3 Å². The lowest BCUT2D eigenvalue weighted by atomic mass is 10.3. The van der Waals surface area contributed by atoms with E-state index in [9.17, 15) is 9.18 Å². The number of rotatable bonds is 4. The normalized spacial score (nSPS) is 10.8. The van der Waals surface area contributed by atoms with Crippen molar-refractivity contribution in [2.24, 2.45) is 0 Å². The fourth-order valence-electron chi connectivity index (χ4n) is 1.80. The second-order valence-electron chi connectivity index (χ2n) is 3.77. The molecule has 1 aromatic heterocycles. The summed E-state index contributed by atoms with van der Waals surface area (Å²) in [6.45, 7) is 2.48. The first-order valence-corrected chi connectivity index (χ1v) is 6.07. The molecule has 1 N–H and O–H groups in total. The van der Waals surface area contributed by atoms with E-state index in [4.69, 9.17) is 17.0 Å². The average Bonchev–Trinajstić information content (AvgIpc) is 2.65. The smallest absolute Gasteiger partial charge is 0.307 e. The minimum absolute atomic E-state index is 0.214. The van der Waals surface area contributed by atoms with Crippen LogP contribution in [0, 0.1) is 10.6 Å². The summed E-state index contributed by atoms with van der Waals surface area (Å²) in [4.78, 5) is 14.1. The summed E-state index contributed by atoms with van der Waals surface area (Å²) in [5, 5.41) is 0. The van der Waals surface area contributed by atoms with E-state index in [-0.39, 0.29) is 18.2 Å². The third kappa shape index (κ3) is 2.43. The van der Waals surface area contributed by atoms with Gasteiger partial charge in [-0.25, -0.2) is 4.39 Å². The summed E-state index contributed by atoms with van der Waals surface area (Å²) in [7, 11) is 0. The van der Waals surface area contributed by atoms with Crippen molar-refractivity contribution in [2.75, 3.05) is 6.61 Å². The van der Waals surface area contributed by atoms with Crippen LogP contribution in [0.4, 0.5) is 4.39 Å². The van der Waals surface area contributed by atoms with E-state index in [1.165, 1.54) is 6.07 Å². The molecule has 2 rings (SSSR count). The molecule has 2 aromatic rings. The SMILES string of the molecule is CCOC(=O)CCn1c(=S)[nH]c2c(F)cccc21. The third-order valence-corrected chi connectivity index (χ3v) is 2.93. The molecule has 4 nitrogen and oxygen atoms in total. The summed E-state index contributed by atoms with van der Waals surface area (Å²) in [6, 6.07) is 4.74. The van der Waals surface area contributed by atoms with Gasteiger partial charge in [0.15, 0.2) is 4.77 Å². The number of para-hydroxylation sites is 1. The Morgan fingerprint density at radius 2 is 2.33 bits per heavy atom. The highest BCUT2D eigenvalue weighted by molar-refractivity contribution is 7.71. The maximum Gasteiger partial charge on any atom is 0.307 e. The zero-order valence-electron chi connectivity index (χ0n) is 9.90. The minimum Gasteiger partial charge on any atom is -0.466 e. The van der Waals surface area contributed by atoms with Gasteiger partial charge in [-0.3, -0.25) is 4.79 Å². The van der Waals surface area contributed by atoms with Crippen LogP contribution in [0.5, 0.6) is 0 Å². The highest BCUT2D eigenvalue weighted by Crippen LogP contribution is 2.17. The lowest BCUT2D eigenvalue weighted by Crippen LogP contribution is -2.09. The van der Waals surface area contributed by atoms with E-state index in [1.54, 1.807) is 23.6 Å². The Morgan fingerprint density at radius 1 is 1.56 bits per heavy atom. The van der Waals surface area contributed by atoms with Crippen molar-refractivity contribution >= 4 is 29.2 Å². The van der Waals surface area contributed by atoms with E-state index < -0.39 is 0 Å². The number of benzene rings is 1. The van der Waals surface area contributed by atoms with Gasteiger partial charge in [-0.1, -0.05) is 6.07 Å². The van der Waals surface area contributed by atoms with Crippen LogP contribution in [0.3, 0.4) is 0 Å². The fraction of sp³-hybridized carbons (Fsp3) is 0.333. The van der Waals surface area contributed by atoms with Crippen LogP contribution in [-0.4, -0.2) is 22.1 Å². The number of aryl methyl sites for hydroxylation is 1. The number of esters is 1. The Balaban J connectivity index is 2.28. The first kappa shape index (κ1) is 12.8. The maximum absolute atomic E-state index is 13.5. The van der Waals surface area contributed by atoms with Crippen molar-refractivity contribution in [3.8, 4) is 0 Å². The van der Waals surface area contributed by atoms with Gasteiger partial charge in [-0.2, -0.15) is 0 Å². The Labute approximate surface area is 108 Å². The molecule has 1 heterocycles. The van der Waals surface area contributed by atoms with Gasteiger partial charge in [-0.15, -0.1) is 0 Å². The Kier molecular flexibility index (Phi) is 3.76. The largest absolute Gasteiger partial charge is 0.466 e. The molecule has 18 heavy (non-hydrogen) atoms. The Morgan fingerprint density at radius 3 is 3.06 bits per heavy atom. The van der Waals surface area contributed by atoms with Gasteiger partial charge in [0.05, 0.1) is 18.5 Å². The van der Waals surface area contributed by atoms with Crippen LogP contribution in [0.25, 0.3) is 11.0 Å². The number of hydrogen-bond acceptors (Lipinski definition) is 3. The molecule has 6 heteroatoms. The molecule has 0 bridgehead atoms. The number of aromatic nitrogens is 2. The Hall–Kier alpha value is -1.69. The van der Waals surface area contributed by atoms with E-state index in [0.717, 1.165) is 0 Å². The molecule has 1 aromatic carbocycles. The number of ether oxygens (including phenoxy) is 1. The summed E-state index contributed by atoms with van der Waals surface area (Å²) in [5.41, 5.74) is 1.02. The molecule has 0 amide bonds. The standard InChI is InChI=1S/C12H13FN2O2S/c1-2-17-10(16)6-7-15-9-5-3-4-8(13)11(9)14-12(15)18/h3-5H,2,6-7H2,1H3,(H,14,18). The van der Waals surface area contributed by atoms with Crippen LogP contribution in [-0.2, 0) is 16.1 Å². The molecule has 0 aliphatic heterocycles. The number of nitrogens with one attached hydrogen (secondary N) is 1. The molecule has 0 radical (unpaired) electrons. The van der Waals surface area contributed by atoms with E-state index in [2.05, 4.69) is 4.98 Å². The molecule has 0 spiro atoms. The number of nitrogens with zero attached hydrogens (tertiary/aromatic N) is 1. The number of aromatic amines is 1. The van der Waals surface area contributed by atoms with Crippen LogP contribution in [0.2, 0.25) is 0 Å². The number of carbonyl (C=O) groups excluding carboxylic acids is 1. The van der Waals surface area contributed by atoms with Gasteiger partial charge in [-0.05, 0) is 31.3 Å². The monoisotopic (exact) mass is 268 g/mol. The molecule has 0 saturated heterocycles. The van der Waals surface area contributed by atoms with Crippen molar-refractivity contribution in [1.29, 1.82) is 0 Å². The number of imidazole rings is 1. The Bertz CT molecular complexity index is 633. The van der Waals surface area contributed by atoms with Gasteiger partial charge in [0, 0.05) is 6.54 Å². The highest BCUT2D eigenvalue weighted by Gasteiger charge is 2.09. The number of hydrogen-bond donors (Lipinski definition) is 1. The molecule has 0 aliphatic rings. The summed E-state index contributed by atoms with van der Waals surface area (Å²) in [6.07, 6.45) is 0.214. The van der Waals surface area contributed by atoms with Crippen LogP contribution in [0.1, 0.15) is 13.3 Å². The van der Waals surface area contributed by atoms with Crippen molar-refractivity contribution in [3.63, 3.8) is 0 Å². The predicted molar refractivity (Wildman–Crippen MR) is 68.3 cm³/mol. The highest BCUT2D eigenvalue weighted by atomic mass is 32.1. The molecule has 0 fully saturated rings. The van der Waals surface area contributed by atoms with Crippen LogP contribution >= 0.6 is 12.2 Å². The average molecular weight is 268 g/mol. The molecule has 0 atom stereocenters. The maximum atomic E-state index is 13.5. The van der Waals surface area contributed by atoms with Crippen molar-refractivity contribution in [2.45, 2.75) is 19.9 Å². The molecule has 0 saturated carbocycles. The van der Waals surface area contributed by atoms with Gasteiger partial charge < -0.3 is 14.3 Å². The molecule has 0 unspecified atom stereocenters. The van der Waals surface area contributed by atoms with Gasteiger partial charge in [0.2, 0.25) is 0 Å². The summed E-state index contributed by atoms with van der Waals surface area (Å²) < 4.78 is 20.5. The van der Waals surface area contributed by atoms with Gasteiger partial charge in [0.25, 0.3) is 0 Å².